The lowest BCUT2D eigenvalue weighted by Crippen LogP contribution is -2.07. The molecule has 1 atom stereocenters. The van der Waals surface area contributed by atoms with Gasteiger partial charge in [-0.15, -0.1) is 0 Å². The van der Waals surface area contributed by atoms with E-state index in [9.17, 15) is 18.3 Å². The maximum Gasteiger partial charge on any atom is 0.420 e. The maximum atomic E-state index is 13.0. The largest absolute Gasteiger partial charge is 0.438 e. The highest BCUT2D eigenvalue weighted by molar-refractivity contribution is 6.30. The van der Waals surface area contributed by atoms with Crippen LogP contribution in [-0.2, 0) is 6.18 Å². The van der Waals surface area contributed by atoms with Crippen LogP contribution in [-0.4, -0.2) is 10.1 Å². The Bertz CT molecular complexity index is 729. The average Bonchev–Trinajstić information content (AvgIpc) is 2.47. The van der Waals surface area contributed by atoms with Gasteiger partial charge in [-0.3, -0.25) is 0 Å². The number of alkyl halides is 3. The van der Waals surface area contributed by atoms with E-state index >= 15 is 0 Å². The minimum Gasteiger partial charge on any atom is -0.438 e. The zero-order chi connectivity index (χ0) is 16.3. The van der Waals surface area contributed by atoms with E-state index in [1.807, 2.05) is 0 Å². The summed E-state index contributed by atoms with van der Waals surface area (Å²) in [6.07, 6.45) is -6.14. The van der Waals surface area contributed by atoms with E-state index in [0.29, 0.717) is 0 Å². The predicted molar refractivity (Wildman–Crippen MR) is 71.3 cm³/mol. The standard InChI is InChI=1S/C14H8ClF3N2O2/c15-8-4-5-12(9(6-8)14(16,17)18)22-13-3-1-2-10(20-13)11(21)7-19/h1-6,11,21H. The van der Waals surface area contributed by atoms with Crippen LogP contribution >= 0.6 is 11.6 Å². The van der Waals surface area contributed by atoms with Gasteiger partial charge in [0.05, 0.1) is 11.3 Å². The van der Waals surface area contributed by atoms with Crippen molar-refractivity contribution in [1.82, 2.24) is 4.98 Å². The van der Waals surface area contributed by atoms with E-state index in [1.54, 1.807) is 6.07 Å². The number of pyridine rings is 1. The molecule has 0 radical (unpaired) electrons. The highest BCUT2D eigenvalue weighted by Gasteiger charge is 2.35. The Balaban J connectivity index is 2.38. The van der Waals surface area contributed by atoms with E-state index in [-0.39, 0.29) is 16.6 Å². The van der Waals surface area contributed by atoms with Crippen molar-refractivity contribution in [3.63, 3.8) is 0 Å². The first-order chi connectivity index (χ1) is 10.3. The summed E-state index contributed by atoms with van der Waals surface area (Å²) in [5.74, 6) is -0.660. The van der Waals surface area contributed by atoms with Gasteiger partial charge in [-0.05, 0) is 24.3 Å². The third-order valence-electron chi connectivity index (χ3n) is 2.61. The van der Waals surface area contributed by atoms with E-state index in [1.165, 1.54) is 24.3 Å². The van der Waals surface area contributed by atoms with Crippen molar-refractivity contribution in [3.05, 3.63) is 52.7 Å². The molecule has 2 aromatic rings. The fourth-order valence-corrected chi connectivity index (χ4v) is 1.80. The van der Waals surface area contributed by atoms with Gasteiger partial charge in [0.2, 0.25) is 5.88 Å². The molecule has 1 aromatic heterocycles. The fourth-order valence-electron chi connectivity index (χ4n) is 1.63. The first kappa shape index (κ1) is 16.1. The van der Waals surface area contributed by atoms with Crippen LogP contribution in [0.5, 0.6) is 11.6 Å². The van der Waals surface area contributed by atoms with Gasteiger partial charge in [0, 0.05) is 11.1 Å². The van der Waals surface area contributed by atoms with Crippen LogP contribution in [0.25, 0.3) is 0 Å². The van der Waals surface area contributed by atoms with Crippen LogP contribution in [0.15, 0.2) is 36.4 Å². The molecule has 8 heteroatoms. The Morgan fingerprint density at radius 3 is 2.64 bits per heavy atom. The number of nitriles is 1. The van der Waals surface area contributed by atoms with Crippen LogP contribution in [0.4, 0.5) is 13.2 Å². The number of benzene rings is 1. The maximum absolute atomic E-state index is 13.0. The number of halogens is 4. The van der Waals surface area contributed by atoms with Gasteiger partial charge >= 0.3 is 6.18 Å². The smallest absolute Gasteiger partial charge is 0.420 e. The Hall–Kier alpha value is -2.30. The molecule has 0 aliphatic heterocycles. The van der Waals surface area contributed by atoms with Gasteiger partial charge in [0.1, 0.15) is 11.8 Å². The third kappa shape index (κ3) is 3.67. The number of rotatable bonds is 3. The summed E-state index contributed by atoms with van der Waals surface area (Å²) in [6, 6.07) is 8.68. The van der Waals surface area contributed by atoms with Crippen LogP contribution in [0.2, 0.25) is 5.02 Å². The molecular formula is C14H8ClF3N2O2. The van der Waals surface area contributed by atoms with Crippen LogP contribution < -0.4 is 4.74 Å². The highest BCUT2D eigenvalue weighted by Crippen LogP contribution is 2.39. The van der Waals surface area contributed by atoms with Crippen molar-refractivity contribution < 1.29 is 23.0 Å². The lowest BCUT2D eigenvalue weighted by atomic mass is 10.2. The zero-order valence-corrected chi connectivity index (χ0v) is 11.6. The van der Waals surface area contributed by atoms with Gasteiger partial charge in [-0.1, -0.05) is 17.7 Å². The van der Waals surface area contributed by atoms with Gasteiger partial charge < -0.3 is 9.84 Å². The quantitative estimate of drug-likeness (QED) is 0.861. The molecule has 0 spiro atoms. The van der Waals surface area contributed by atoms with Crippen LogP contribution in [0.1, 0.15) is 17.4 Å². The molecule has 1 unspecified atom stereocenters. The molecule has 0 fully saturated rings. The summed E-state index contributed by atoms with van der Waals surface area (Å²) in [5, 5.41) is 17.9. The molecular weight excluding hydrogens is 321 g/mol. The summed E-state index contributed by atoms with van der Waals surface area (Å²) in [4.78, 5) is 3.79. The molecule has 2 rings (SSSR count). The summed E-state index contributed by atoms with van der Waals surface area (Å²) in [5.41, 5.74) is -1.07. The number of aliphatic hydroxyl groups excluding tert-OH is 1. The normalized spacial score (nSPS) is 12.5. The predicted octanol–water partition coefficient (Wildman–Crippen LogP) is 4.10. The molecule has 0 amide bonds. The number of hydrogen-bond donors (Lipinski definition) is 1. The number of nitrogens with zero attached hydrogens (tertiary/aromatic N) is 2. The molecule has 0 aliphatic rings. The Labute approximate surface area is 128 Å². The molecule has 4 nitrogen and oxygen atoms in total. The molecule has 0 bridgehead atoms. The van der Waals surface area contributed by atoms with E-state index < -0.39 is 23.6 Å². The second-order valence-corrected chi connectivity index (χ2v) is 4.61. The first-order valence-electron chi connectivity index (χ1n) is 5.90. The van der Waals surface area contributed by atoms with Gasteiger partial charge in [0.25, 0.3) is 0 Å². The molecule has 1 aromatic carbocycles. The van der Waals surface area contributed by atoms with Crippen molar-refractivity contribution in [2.75, 3.05) is 0 Å². The van der Waals surface area contributed by atoms with E-state index in [2.05, 4.69) is 4.98 Å². The van der Waals surface area contributed by atoms with Gasteiger partial charge in [-0.25, -0.2) is 4.98 Å². The van der Waals surface area contributed by atoms with Gasteiger partial charge in [0.15, 0.2) is 6.10 Å². The molecule has 0 saturated heterocycles. The van der Waals surface area contributed by atoms with Crippen LogP contribution in [0, 0.1) is 11.3 Å². The summed E-state index contributed by atoms with van der Waals surface area (Å²) < 4.78 is 44.0. The molecule has 0 saturated carbocycles. The van der Waals surface area contributed by atoms with Crippen molar-refractivity contribution in [2.45, 2.75) is 12.3 Å². The lowest BCUT2D eigenvalue weighted by molar-refractivity contribution is -0.138. The summed E-state index contributed by atoms with van der Waals surface area (Å²) in [6.45, 7) is 0. The molecule has 1 heterocycles. The number of aliphatic hydroxyl groups is 1. The molecule has 1 N–H and O–H groups in total. The van der Waals surface area contributed by atoms with E-state index in [4.69, 9.17) is 21.6 Å². The first-order valence-corrected chi connectivity index (χ1v) is 6.28. The highest BCUT2D eigenvalue weighted by atomic mass is 35.5. The average molecular weight is 329 g/mol. The lowest BCUT2D eigenvalue weighted by Gasteiger charge is -2.14. The van der Waals surface area contributed by atoms with E-state index in [0.717, 1.165) is 12.1 Å². The number of aromatic nitrogens is 1. The second kappa shape index (κ2) is 6.22. The Kier molecular flexibility index (Phi) is 4.54. The summed E-state index contributed by atoms with van der Waals surface area (Å²) in [7, 11) is 0. The number of hydrogen-bond acceptors (Lipinski definition) is 4. The van der Waals surface area contributed by atoms with Crippen LogP contribution in [0.3, 0.4) is 0 Å². The van der Waals surface area contributed by atoms with Crippen molar-refractivity contribution in [1.29, 1.82) is 5.26 Å². The van der Waals surface area contributed by atoms with Crippen molar-refractivity contribution >= 4 is 11.6 Å². The SMILES string of the molecule is N#CC(O)c1cccc(Oc2ccc(Cl)cc2C(F)(F)F)n1. The fraction of sp³-hybridized carbons (Fsp3) is 0.143. The minimum atomic E-state index is -4.65. The zero-order valence-electron chi connectivity index (χ0n) is 10.8. The Morgan fingerprint density at radius 2 is 2.00 bits per heavy atom. The summed E-state index contributed by atoms with van der Waals surface area (Å²) >= 11 is 5.57. The second-order valence-electron chi connectivity index (χ2n) is 4.17. The topological polar surface area (TPSA) is 66.1 Å². The Morgan fingerprint density at radius 1 is 1.27 bits per heavy atom. The molecule has 22 heavy (non-hydrogen) atoms. The molecule has 114 valence electrons. The number of ether oxygens (including phenoxy) is 1. The van der Waals surface area contributed by atoms with Gasteiger partial charge in [-0.2, -0.15) is 18.4 Å². The minimum absolute atomic E-state index is 0.0254. The third-order valence-corrected chi connectivity index (χ3v) is 2.84. The monoisotopic (exact) mass is 328 g/mol. The van der Waals surface area contributed by atoms with Crippen molar-refractivity contribution in [2.24, 2.45) is 0 Å². The van der Waals surface area contributed by atoms with Crippen molar-refractivity contribution in [3.8, 4) is 17.7 Å². The molecule has 0 aliphatic carbocycles.